The first-order valence-corrected chi connectivity index (χ1v) is 9.41. The number of anilines is 2. The van der Waals surface area contributed by atoms with Gasteiger partial charge >= 0.3 is 5.97 Å². The predicted molar refractivity (Wildman–Crippen MR) is 116 cm³/mol. The molecule has 0 aliphatic rings. The highest BCUT2D eigenvalue weighted by molar-refractivity contribution is 6.12. The number of para-hydroxylation sites is 1. The summed E-state index contributed by atoms with van der Waals surface area (Å²) in [5.74, 6) is -0.774. The molecule has 152 valence electrons. The van der Waals surface area contributed by atoms with Gasteiger partial charge in [-0.05, 0) is 67.4 Å². The molecule has 0 spiro atoms. The van der Waals surface area contributed by atoms with E-state index in [-0.39, 0.29) is 11.8 Å². The molecule has 0 unspecified atom stereocenters. The second-order valence-electron chi connectivity index (χ2n) is 6.82. The van der Waals surface area contributed by atoms with Crippen LogP contribution in [0.2, 0.25) is 0 Å². The molecule has 2 amide bonds. The maximum atomic E-state index is 12.9. The molecule has 0 atom stereocenters. The van der Waals surface area contributed by atoms with Crippen LogP contribution in [-0.4, -0.2) is 17.8 Å². The van der Waals surface area contributed by atoms with Crippen LogP contribution in [0.25, 0.3) is 0 Å². The average Bonchev–Trinajstić information content (AvgIpc) is 2.72. The number of amides is 2. The number of aryl methyl sites for hydroxylation is 1. The Morgan fingerprint density at radius 3 is 2.07 bits per heavy atom. The van der Waals surface area contributed by atoms with E-state index < -0.39 is 5.97 Å². The molecule has 3 rings (SSSR count). The summed E-state index contributed by atoms with van der Waals surface area (Å²) in [6, 6.07) is 18.7. The van der Waals surface area contributed by atoms with Crippen molar-refractivity contribution in [3.63, 3.8) is 0 Å². The Hall–Kier alpha value is -3.93. The summed E-state index contributed by atoms with van der Waals surface area (Å²) in [7, 11) is 0. The van der Waals surface area contributed by atoms with E-state index >= 15 is 0 Å². The van der Waals surface area contributed by atoms with E-state index in [1.807, 2.05) is 32.0 Å². The van der Waals surface area contributed by atoms with Gasteiger partial charge in [-0.1, -0.05) is 24.3 Å². The fourth-order valence-electron chi connectivity index (χ4n) is 2.90. The van der Waals surface area contributed by atoms with E-state index in [1.165, 1.54) is 19.1 Å². The van der Waals surface area contributed by atoms with Gasteiger partial charge in [0.25, 0.3) is 11.8 Å². The quantitative estimate of drug-likeness (QED) is 0.477. The summed E-state index contributed by atoms with van der Waals surface area (Å²) >= 11 is 0. The van der Waals surface area contributed by atoms with E-state index in [2.05, 4.69) is 10.6 Å². The van der Waals surface area contributed by atoms with E-state index in [4.69, 9.17) is 4.74 Å². The Balaban J connectivity index is 1.77. The van der Waals surface area contributed by atoms with Crippen molar-refractivity contribution in [2.24, 2.45) is 0 Å². The van der Waals surface area contributed by atoms with E-state index in [9.17, 15) is 14.4 Å². The molecule has 0 heterocycles. The van der Waals surface area contributed by atoms with E-state index in [0.29, 0.717) is 22.6 Å². The third-order valence-corrected chi connectivity index (χ3v) is 4.65. The second-order valence-corrected chi connectivity index (χ2v) is 6.82. The van der Waals surface area contributed by atoms with Gasteiger partial charge < -0.3 is 15.4 Å². The van der Waals surface area contributed by atoms with Crippen molar-refractivity contribution in [1.82, 2.24) is 0 Å². The molecule has 3 aromatic carbocycles. The molecule has 0 aromatic heterocycles. The topological polar surface area (TPSA) is 84.5 Å². The largest absolute Gasteiger partial charge is 0.427 e. The first kappa shape index (κ1) is 20.8. The van der Waals surface area contributed by atoms with Gasteiger partial charge in [-0.3, -0.25) is 14.4 Å². The summed E-state index contributed by atoms with van der Waals surface area (Å²) in [6.45, 7) is 5.23. The van der Waals surface area contributed by atoms with Crippen LogP contribution in [0.1, 0.15) is 38.8 Å². The molecule has 2 N–H and O–H groups in total. The summed E-state index contributed by atoms with van der Waals surface area (Å²) in [5.41, 5.74) is 3.90. The highest BCUT2D eigenvalue weighted by Gasteiger charge is 2.15. The van der Waals surface area contributed by atoms with Gasteiger partial charge in [0.1, 0.15) is 5.75 Å². The molecule has 0 bridgehead atoms. The van der Waals surface area contributed by atoms with Gasteiger partial charge in [0, 0.05) is 18.2 Å². The number of carbonyl (C=O) groups is 3. The van der Waals surface area contributed by atoms with Crippen molar-refractivity contribution in [2.75, 3.05) is 10.6 Å². The Labute approximate surface area is 174 Å². The smallest absolute Gasteiger partial charge is 0.308 e. The number of rotatable bonds is 5. The van der Waals surface area contributed by atoms with Crippen molar-refractivity contribution in [1.29, 1.82) is 0 Å². The minimum absolute atomic E-state index is 0.315. The predicted octanol–water partition coefficient (Wildman–Crippen LogP) is 4.73. The molecule has 6 heteroatoms. The standard InChI is InChI=1S/C24H22N2O4/c1-15-7-6-10-21(16(15)2)25-24(29)20-8-4-5-9-22(20)26-23(28)18-11-13-19(14-12-18)30-17(3)27/h4-14H,1-3H3,(H,25,29)(H,26,28). The molecule has 0 aliphatic heterocycles. The van der Waals surface area contributed by atoms with Crippen molar-refractivity contribution >= 4 is 29.2 Å². The minimum Gasteiger partial charge on any atom is -0.427 e. The number of esters is 1. The van der Waals surface area contributed by atoms with Crippen LogP contribution in [0.15, 0.2) is 66.7 Å². The van der Waals surface area contributed by atoms with Crippen LogP contribution >= 0.6 is 0 Å². The zero-order chi connectivity index (χ0) is 21.7. The van der Waals surface area contributed by atoms with Crippen LogP contribution in [-0.2, 0) is 4.79 Å². The van der Waals surface area contributed by atoms with Crippen LogP contribution in [0.3, 0.4) is 0 Å². The zero-order valence-corrected chi connectivity index (χ0v) is 17.0. The molecule has 0 saturated carbocycles. The van der Waals surface area contributed by atoms with Gasteiger partial charge in [-0.2, -0.15) is 0 Å². The third kappa shape index (κ3) is 4.91. The zero-order valence-electron chi connectivity index (χ0n) is 17.0. The summed E-state index contributed by atoms with van der Waals surface area (Å²) in [5, 5.41) is 5.68. The molecule has 0 fully saturated rings. The number of hydrogen-bond acceptors (Lipinski definition) is 4. The van der Waals surface area contributed by atoms with Crippen molar-refractivity contribution < 1.29 is 19.1 Å². The third-order valence-electron chi connectivity index (χ3n) is 4.65. The minimum atomic E-state index is -0.434. The average molecular weight is 402 g/mol. The lowest BCUT2D eigenvalue weighted by atomic mass is 10.1. The number of nitrogens with one attached hydrogen (secondary N) is 2. The Morgan fingerprint density at radius 1 is 0.733 bits per heavy atom. The molecule has 0 saturated heterocycles. The lowest BCUT2D eigenvalue weighted by molar-refractivity contribution is -0.131. The highest BCUT2D eigenvalue weighted by Crippen LogP contribution is 2.22. The van der Waals surface area contributed by atoms with Crippen molar-refractivity contribution in [3.8, 4) is 5.75 Å². The SMILES string of the molecule is CC(=O)Oc1ccc(C(=O)Nc2ccccc2C(=O)Nc2cccc(C)c2C)cc1. The molecule has 0 radical (unpaired) electrons. The number of benzene rings is 3. The first-order chi connectivity index (χ1) is 14.3. The monoisotopic (exact) mass is 402 g/mol. The Kier molecular flexibility index (Phi) is 6.27. The van der Waals surface area contributed by atoms with E-state index in [0.717, 1.165) is 16.8 Å². The fourth-order valence-corrected chi connectivity index (χ4v) is 2.90. The van der Waals surface area contributed by atoms with E-state index in [1.54, 1.807) is 36.4 Å². The molecule has 0 aliphatic carbocycles. The van der Waals surface area contributed by atoms with Crippen LogP contribution in [0.5, 0.6) is 5.75 Å². The molecular formula is C24H22N2O4. The number of carbonyl (C=O) groups excluding carboxylic acids is 3. The van der Waals surface area contributed by atoms with Crippen LogP contribution in [0, 0.1) is 13.8 Å². The molecule has 3 aromatic rings. The molecule has 30 heavy (non-hydrogen) atoms. The number of ether oxygens (including phenoxy) is 1. The van der Waals surface area contributed by atoms with Gasteiger partial charge in [0.2, 0.25) is 0 Å². The summed E-state index contributed by atoms with van der Waals surface area (Å²) in [6.07, 6.45) is 0. The van der Waals surface area contributed by atoms with Crippen molar-refractivity contribution in [3.05, 3.63) is 89.0 Å². The van der Waals surface area contributed by atoms with Gasteiger partial charge in [-0.15, -0.1) is 0 Å². The van der Waals surface area contributed by atoms with Crippen LogP contribution in [0.4, 0.5) is 11.4 Å². The van der Waals surface area contributed by atoms with Gasteiger partial charge in [-0.25, -0.2) is 0 Å². The van der Waals surface area contributed by atoms with Crippen LogP contribution < -0.4 is 15.4 Å². The number of hydrogen-bond donors (Lipinski definition) is 2. The Morgan fingerprint density at radius 2 is 1.37 bits per heavy atom. The molecular weight excluding hydrogens is 380 g/mol. The molecule has 6 nitrogen and oxygen atoms in total. The Bertz CT molecular complexity index is 1100. The first-order valence-electron chi connectivity index (χ1n) is 9.41. The summed E-state index contributed by atoms with van der Waals surface area (Å²) < 4.78 is 4.97. The maximum Gasteiger partial charge on any atom is 0.308 e. The highest BCUT2D eigenvalue weighted by atomic mass is 16.5. The van der Waals surface area contributed by atoms with Gasteiger partial charge in [0.05, 0.1) is 11.3 Å². The fraction of sp³-hybridized carbons (Fsp3) is 0.125. The lowest BCUT2D eigenvalue weighted by Crippen LogP contribution is -2.18. The van der Waals surface area contributed by atoms with Gasteiger partial charge in [0.15, 0.2) is 0 Å². The second kappa shape index (κ2) is 9.05. The van der Waals surface area contributed by atoms with Crippen molar-refractivity contribution in [2.45, 2.75) is 20.8 Å². The normalized spacial score (nSPS) is 10.2. The lowest BCUT2D eigenvalue weighted by Gasteiger charge is -2.14. The maximum absolute atomic E-state index is 12.9. The summed E-state index contributed by atoms with van der Waals surface area (Å²) in [4.78, 5) is 36.5.